The van der Waals surface area contributed by atoms with E-state index in [1.165, 1.54) is 53.5 Å². The predicted molar refractivity (Wildman–Crippen MR) is 340 cm³/mol. The fourth-order valence-electron chi connectivity index (χ4n) is 10.5. The highest BCUT2D eigenvalue weighted by molar-refractivity contribution is 8.00. The van der Waals surface area contributed by atoms with Crippen molar-refractivity contribution in [2.45, 2.75) is 155 Å². The van der Waals surface area contributed by atoms with Crippen LogP contribution in [0.5, 0.6) is 40.2 Å². The van der Waals surface area contributed by atoms with Gasteiger partial charge in [0.2, 0.25) is 11.7 Å². The number of amides is 1. The lowest BCUT2D eigenvalue weighted by Crippen LogP contribution is -2.49. The van der Waals surface area contributed by atoms with Crippen molar-refractivity contribution in [3.05, 3.63) is 138 Å². The number of anilines is 1. The average Bonchev–Trinajstić information content (AvgIpc) is 2.58. The van der Waals surface area contributed by atoms with E-state index >= 15 is 0 Å². The summed E-state index contributed by atoms with van der Waals surface area (Å²) >= 11 is 1.54. The summed E-state index contributed by atoms with van der Waals surface area (Å²) in [6.45, 7) is 20.6. The van der Waals surface area contributed by atoms with Gasteiger partial charge in [-0.3, -0.25) is 9.59 Å². The second-order valence-electron chi connectivity index (χ2n) is 22.6. The van der Waals surface area contributed by atoms with Crippen molar-refractivity contribution in [3.8, 4) is 40.2 Å². The molecule has 0 bridgehead atoms. The summed E-state index contributed by atoms with van der Waals surface area (Å²) in [5, 5.41) is 12.4. The predicted octanol–water partition coefficient (Wildman–Crippen LogP) is 14.5. The second kappa shape index (κ2) is 31.6. The molecular weight excluding hydrogens is 1090 g/mol. The first-order valence-corrected chi connectivity index (χ1v) is 31.5. The lowest BCUT2D eigenvalue weighted by atomic mass is 9.79. The summed E-state index contributed by atoms with van der Waals surface area (Å²) in [7, 11) is 1.66. The number of nitrogens with one attached hydrogen (secondary N) is 1. The minimum Gasteiger partial charge on any atom is -0.497 e. The van der Waals surface area contributed by atoms with Crippen molar-refractivity contribution in [1.29, 1.82) is 0 Å². The van der Waals surface area contributed by atoms with E-state index in [-0.39, 0.29) is 53.7 Å². The van der Waals surface area contributed by atoms with Crippen molar-refractivity contribution in [2.24, 2.45) is 10.1 Å². The first kappa shape index (κ1) is 63.5. The van der Waals surface area contributed by atoms with Crippen LogP contribution in [0.3, 0.4) is 0 Å². The van der Waals surface area contributed by atoms with E-state index in [1.54, 1.807) is 31.4 Å². The summed E-state index contributed by atoms with van der Waals surface area (Å²) in [5.41, 5.74) is 4.72. The normalized spacial score (nSPS) is 15.7. The molecule has 1 aromatic heterocycles. The Morgan fingerprint density at radius 2 is 1.39 bits per heavy atom. The molecule has 4 atom stereocenters. The number of nitrogens with zero attached hydrogens (tertiary/aromatic N) is 6. The first-order valence-electron chi connectivity index (χ1n) is 30.5. The van der Waals surface area contributed by atoms with Crippen LogP contribution in [0.25, 0.3) is 0 Å². The zero-order chi connectivity index (χ0) is 60.1. The molecule has 0 saturated carbocycles. The van der Waals surface area contributed by atoms with Gasteiger partial charge in [-0.05, 0) is 167 Å². The third-order valence-corrected chi connectivity index (χ3v) is 16.9. The molecular formula is C68H87N7O9S. The molecule has 17 heteroatoms. The molecule has 2 aliphatic heterocycles. The van der Waals surface area contributed by atoms with Crippen molar-refractivity contribution in [1.82, 2.24) is 20.2 Å². The van der Waals surface area contributed by atoms with Gasteiger partial charge in [0.25, 0.3) is 5.90 Å². The van der Waals surface area contributed by atoms with Crippen LogP contribution < -0.4 is 43.4 Å². The van der Waals surface area contributed by atoms with Crippen LogP contribution in [0.4, 0.5) is 11.4 Å². The molecule has 4 unspecified atom stereocenters. The van der Waals surface area contributed by atoms with Gasteiger partial charge in [0.05, 0.1) is 43.4 Å². The molecule has 0 saturated heterocycles. The number of carbonyl (C=O) groups is 2. The standard InChI is InChI=1S/C68H87N7O9S/c1-10-13-15-19-37-79-53-28-30-55(31-29-53)82-45-57(83-56-34-32-54(33-35-56)80-38-20-16-14-11-2)46-85-62(12-3)66(77)69-43-49(6)64-71-65-63(67(73-75(65)72-64)84-61-23-18-17-22-50(61)44-76)70-59-41-58-48(5)42-68(7,8)74(60(58)40-47(59)4)36-21-39-81-52-26-24-51(78-9)25-27-52/h17-18,22-35,40-41,44,48-49,57,62H,10-16,19-21,36-39,42-43,45-46H2,1-9H3,(H,69,77). The largest absolute Gasteiger partial charge is 0.497 e. The molecule has 16 nitrogen and oxygen atoms in total. The summed E-state index contributed by atoms with van der Waals surface area (Å²) in [4.78, 5) is 40.4. The number of aromatic nitrogens is 3. The van der Waals surface area contributed by atoms with Crippen molar-refractivity contribution in [2.75, 3.05) is 57.3 Å². The minimum atomic E-state index is -0.381. The van der Waals surface area contributed by atoms with Crippen LogP contribution in [0.15, 0.2) is 119 Å². The minimum absolute atomic E-state index is 0.0951. The van der Waals surface area contributed by atoms with Crippen LogP contribution in [0, 0.1) is 6.92 Å². The summed E-state index contributed by atoms with van der Waals surface area (Å²) in [6.07, 6.45) is 11.9. The van der Waals surface area contributed by atoms with Crippen LogP contribution in [0.2, 0.25) is 0 Å². The Kier molecular flexibility index (Phi) is 23.6. The number of unbranched alkanes of at least 4 members (excludes halogenated alkanes) is 6. The number of benzene rings is 5. The van der Waals surface area contributed by atoms with E-state index in [0.29, 0.717) is 72.2 Å². The second-order valence-corrected chi connectivity index (χ2v) is 23.9. The van der Waals surface area contributed by atoms with Gasteiger partial charge in [0.1, 0.15) is 53.0 Å². The zero-order valence-electron chi connectivity index (χ0n) is 51.3. The lowest BCUT2D eigenvalue weighted by molar-refractivity contribution is -0.120. The molecule has 0 spiro atoms. The SMILES string of the molecule is CCCCCCOc1ccc(OCC(CSC(CC)C(=O)NCC(C)c2nc3n(n2)N=C(Oc2ccccc2C=O)C3=Nc2cc3c(cc2C)N(CCCOc2ccc(OC)cc2)C(C)(C)CC3C)Oc2ccc(OCCCCCC)cc2)cc1. The monoisotopic (exact) mass is 1180 g/mol. The maximum Gasteiger partial charge on any atom is 0.269 e. The van der Waals surface area contributed by atoms with E-state index in [1.807, 2.05) is 86.6 Å². The number of para-hydroxylation sites is 1. The Morgan fingerprint density at radius 1 is 0.788 bits per heavy atom. The van der Waals surface area contributed by atoms with Gasteiger partial charge in [-0.25, -0.2) is 9.98 Å². The number of carbonyl (C=O) groups excluding carboxylic acids is 2. The Balaban J connectivity index is 0.944. The van der Waals surface area contributed by atoms with Gasteiger partial charge < -0.3 is 43.4 Å². The molecule has 0 aliphatic carbocycles. The fraction of sp³-hybridized carbons (Fsp3) is 0.471. The van der Waals surface area contributed by atoms with Crippen molar-refractivity contribution >= 4 is 46.9 Å². The summed E-state index contributed by atoms with van der Waals surface area (Å²) < 4.78 is 42.7. The molecule has 0 radical (unpaired) electrons. The number of aldehydes is 1. The van der Waals surface area contributed by atoms with Gasteiger partial charge >= 0.3 is 0 Å². The quantitative estimate of drug-likeness (QED) is 0.0299. The summed E-state index contributed by atoms with van der Waals surface area (Å²) in [5.74, 6) is 6.32. The summed E-state index contributed by atoms with van der Waals surface area (Å²) in [6, 6.07) is 34.5. The number of fused-ring (bicyclic) bond motifs is 2. The van der Waals surface area contributed by atoms with E-state index in [2.05, 4.69) is 63.9 Å². The van der Waals surface area contributed by atoms with Gasteiger partial charge in [0, 0.05) is 36.0 Å². The smallest absolute Gasteiger partial charge is 0.269 e. The molecule has 3 heterocycles. The Hall–Kier alpha value is -7.53. The average molecular weight is 1180 g/mol. The molecule has 8 rings (SSSR count). The van der Waals surface area contributed by atoms with Gasteiger partial charge in [-0.1, -0.05) is 85.3 Å². The van der Waals surface area contributed by atoms with Gasteiger partial charge in [0.15, 0.2) is 17.8 Å². The zero-order valence-corrected chi connectivity index (χ0v) is 52.1. The Bertz CT molecular complexity index is 3150. The Morgan fingerprint density at radius 3 is 2.00 bits per heavy atom. The van der Waals surface area contributed by atoms with E-state index in [9.17, 15) is 9.59 Å². The fourth-order valence-corrected chi connectivity index (χ4v) is 11.6. The highest BCUT2D eigenvalue weighted by Gasteiger charge is 2.37. The van der Waals surface area contributed by atoms with E-state index < -0.39 is 0 Å². The molecule has 1 amide bonds. The molecule has 454 valence electrons. The number of methoxy groups -OCH3 is 1. The Labute approximate surface area is 507 Å². The van der Waals surface area contributed by atoms with Crippen molar-refractivity contribution < 1.29 is 42.7 Å². The van der Waals surface area contributed by atoms with Crippen molar-refractivity contribution in [3.63, 3.8) is 0 Å². The van der Waals surface area contributed by atoms with Gasteiger partial charge in [-0.2, -0.15) is 0 Å². The van der Waals surface area contributed by atoms with Crippen LogP contribution >= 0.6 is 11.8 Å². The number of aryl methyl sites for hydroxylation is 1. The first-order chi connectivity index (χ1) is 41.3. The molecule has 6 aromatic rings. The maximum atomic E-state index is 14.0. The van der Waals surface area contributed by atoms with Crippen LogP contribution in [-0.2, 0) is 4.79 Å². The molecule has 2 aliphatic rings. The van der Waals surface area contributed by atoms with Crippen LogP contribution in [-0.4, -0.2) is 108 Å². The third-order valence-electron chi connectivity index (χ3n) is 15.3. The van der Waals surface area contributed by atoms with E-state index in [4.69, 9.17) is 53.3 Å². The number of ether oxygens (including phenoxy) is 7. The highest BCUT2D eigenvalue weighted by atomic mass is 32.2. The maximum absolute atomic E-state index is 14.0. The molecule has 0 fully saturated rings. The molecule has 5 aromatic carbocycles. The third kappa shape index (κ3) is 17.8. The lowest BCUT2D eigenvalue weighted by Gasteiger charge is -2.48. The number of rotatable bonds is 34. The number of thioether (sulfide) groups is 1. The highest BCUT2D eigenvalue weighted by Crippen LogP contribution is 2.46. The number of hydrogen-bond donors (Lipinski definition) is 1. The number of hydrogen-bond acceptors (Lipinski definition) is 15. The topological polar surface area (TPSA) is 169 Å². The van der Waals surface area contributed by atoms with Crippen LogP contribution in [0.1, 0.15) is 164 Å². The van der Waals surface area contributed by atoms with Gasteiger partial charge in [-0.15, -0.1) is 26.8 Å². The van der Waals surface area contributed by atoms with E-state index in [0.717, 1.165) is 85.6 Å². The molecule has 85 heavy (non-hydrogen) atoms. The molecule has 1 N–H and O–H groups in total. The number of aliphatic imine (C=N–C) groups is 1.